The van der Waals surface area contributed by atoms with Crippen molar-refractivity contribution < 1.29 is 9.53 Å². The summed E-state index contributed by atoms with van der Waals surface area (Å²) in [6.07, 6.45) is 10.5. The van der Waals surface area contributed by atoms with Crippen LogP contribution in [0.1, 0.15) is 47.5 Å². The van der Waals surface area contributed by atoms with E-state index in [1.165, 1.54) is 18.4 Å². The van der Waals surface area contributed by atoms with Crippen LogP contribution in [0.2, 0.25) is 0 Å². The molecule has 0 spiro atoms. The number of rotatable bonds is 4. The highest BCUT2D eigenvalue weighted by Crippen LogP contribution is 2.41. The highest BCUT2D eigenvalue weighted by atomic mass is 16.5. The van der Waals surface area contributed by atoms with Crippen molar-refractivity contribution in [2.24, 2.45) is 11.3 Å². The fraction of sp³-hybridized carbons (Fsp3) is 0.588. The summed E-state index contributed by atoms with van der Waals surface area (Å²) in [6.45, 7) is 11.0. The SMILES string of the molecule is CCOC(=O)/C=C(C)\C=C/[C@@H]1C(C)=CCCC1(C)C. The second-order valence-corrected chi connectivity index (χ2v) is 5.95. The number of allylic oxidation sites excluding steroid dienone is 5. The lowest BCUT2D eigenvalue weighted by Gasteiger charge is -2.36. The minimum Gasteiger partial charge on any atom is -0.463 e. The Kier molecular flexibility index (Phi) is 5.59. The number of carbonyl (C=O) groups is 1. The van der Waals surface area contributed by atoms with Gasteiger partial charge in [-0.25, -0.2) is 4.79 Å². The average Bonchev–Trinajstić information content (AvgIpc) is 2.27. The molecule has 0 aromatic rings. The van der Waals surface area contributed by atoms with E-state index in [4.69, 9.17) is 4.74 Å². The Balaban J connectivity index is 2.77. The molecule has 1 atom stereocenters. The lowest BCUT2D eigenvalue weighted by molar-refractivity contribution is -0.137. The molecule has 0 N–H and O–H groups in total. The molecule has 0 heterocycles. The third-order valence-corrected chi connectivity index (χ3v) is 3.77. The second kappa shape index (κ2) is 6.74. The van der Waals surface area contributed by atoms with Crippen molar-refractivity contribution in [2.75, 3.05) is 6.61 Å². The first kappa shape index (κ1) is 15.7. The van der Waals surface area contributed by atoms with E-state index >= 15 is 0 Å². The van der Waals surface area contributed by atoms with E-state index in [9.17, 15) is 4.79 Å². The Hall–Kier alpha value is -1.31. The fourth-order valence-electron chi connectivity index (χ4n) is 2.65. The first-order chi connectivity index (χ1) is 8.86. The van der Waals surface area contributed by atoms with Crippen LogP contribution in [0.4, 0.5) is 0 Å². The molecule has 0 amide bonds. The van der Waals surface area contributed by atoms with Gasteiger partial charge in [0, 0.05) is 12.0 Å². The van der Waals surface area contributed by atoms with Gasteiger partial charge in [-0.2, -0.15) is 0 Å². The Morgan fingerprint density at radius 2 is 2.21 bits per heavy atom. The van der Waals surface area contributed by atoms with Gasteiger partial charge in [-0.3, -0.25) is 0 Å². The van der Waals surface area contributed by atoms with Crippen molar-refractivity contribution in [3.8, 4) is 0 Å². The monoisotopic (exact) mass is 262 g/mol. The molecule has 1 rings (SSSR count). The van der Waals surface area contributed by atoms with Gasteiger partial charge < -0.3 is 4.74 Å². The van der Waals surface area contributed by atoms with E-state index in [0.29, 0.717) is 17.9 Å². The molecule has 1 aliphatic rings. The van der Waals surface area contributed by atoms with E-state index in [1.807, 2.05) is 19.9 Å². The normalized spacial score (nSPS) is 23.3. The van der Waals surface area contributed by atoms with Crippen molar-refractivity contribution in [3.63, 3.8) is 0 Å². The molecule has 0 aromatic heterocycles. The van der Waals surface area contributed by atoms with E-state index in [2.05, 4.69) is 32.9 Å². The first-order valence-electron chi connectivity index (χ1n) is 7.06. The topological polar surface area (TPSA) is 26.3 Å². The molecule has 2 nitrogen and oxygen atoms in total. The van der Waals surface area contributed by atoms with Gasteiger partial charge in [0.25, 0.3) is 0 Å². The molecule has 2 heteroatoms. The zero-order valence-electron chi connectivity index (χ0n) is 12.8. The standard InChI is InChI=1S/C17H26O2/c1-6-19-16(18)12-13(2)9-10-15-14(3)8-7-11-17(15,4)5/h8-10,12,15H,6-7,11H2,1-5H3/b10-9-,13-12-/t15-/m1/s1. The lowest BCUT2D eigenvalue weighted by Crippen LogP contribution is -2.26. The zero-order chi connectivity index (χ0) is 14.5. The quantitative estimate of drug-likeness (QED) is 0.324. The number of esters is 1. The molecule has 0 radical (unpaired) electrons. The first-order valence-corrected chi connectivity index (χ1v) is 7.06. The van der Waals surface area contributed by atoms with Crippen LogP contribution in [0, 0.1) is 11.3 Å². The molecule has 0 saturated heterocycles. The molecular formula is C17H26O2. The second-order valence-electron chi connectivity index (χ2n) is 5.95. The molecule has 0 saturated carbocycles. The van der Waals surface area contributed by atoms with Gasteiger partial charge in [0.2, 0.25) is 0 Å². The van der Waals surface area contributed by atoms with Gasteiger partial charge >= 0.3 is 5.97 Å². The summed E-state index contributed by atoms with van der Waals surface area (Å²) in [5.74, 6) is 0.187. The smallest absolute Gasteiger partial charge is 0.330 e. The molecule has 0 fully saturated rings. The molecule has 106 valence electrons. The third kappa shape index (κ3) is 4.70. The molecule has 19 heavy (non-hydrogen) atoms. The maximum absolute atomic E-state index is 11.4. The van der Waals surface area contributed by atoms with Crippen LogP contribution in [0.3, 0.4) is 0 Å². The van der Waals surface area contributed by atoms with Crippen LogP contribution < -0.4 is 0 Å². The minimum absolute atomic E-state index is 0.264. The maximum atomic E-state index is 11.4. The van der Waals surface area contributed by atoms with Gasteiger partial charge in [0.1, 0.15) is 0 Å². The van der Waals surface area contributed by atoms with Gasteiger partial charge in [0.15, 0.2) is 0 Å². The van der Waals surface area contributed by atoms with Crippen molar-refractivity contribution >= 4 is 5.97 Å². The minimum atomic E-state index is -0.264. The summed E-state index contributed by atoms with van der Waals surface area (Å²) in [5.41, 5.74) is 2.66. The van der Waals surface area contributed by atoms with Crippen molar-refractivity contribution in [3.05, 3.63) is 35.5 Å². The predicted molar refractivity (Wildman–Crippen MR) is 79.8 cm³/mol. The van der Waals surface area contributed by atoms with Crippen LogP contribution in [0.15, 0.2) is 35.5 Å². The Morgan fingerprint density at radius 3 is 2.79 bits per heavy atom. The highest BCUT2D eigenvalue weighted by molar-refractivity contribution is 5.83. The van der Waals surface area contributed by atoms with Crippen LogP contribution in [-0.4, -0.2) is 12.6 Å². The van der Waals surface area contributed by atoms with E-state index in [-0.39, 0.29) is 5.97 Å². The van der Waals surface area contributed by atoms with Crippen molar-refractivity contribution in [1.82, 2.24) is 0 Å². The van der Waals surface area contributed by atoms with Crippen LogP contribution in [-0.2, 0) is 9.53 Å². The summed E-state index contributed by atoms with van der Waals surface area (Å²) >= 11 is 0. The molecular weight excluding hydrogens is 236 g/mol. The summed E-state index contributed by atoms with van der Waals surface area (Å²) in [7, 11) is 0. The Morgan fingerprint density at radius 1 is 1.53 bits per heavy atom. The number of ether oxygens (including phenoxy) is 1. The highest BCUT2D eigenvalue weighted by Gasteiger charge is 2.30. The molecule has 0 aromatic carbocycles. The number of hydrogen-bond acceptors (Lipinski definition) is 2. The van der Waals surface area contributed by atoms with Crippen LogP contribution in [0.5, 0.6) is 0 Å². The zero-order valence-corrected chi connectivity index (χ0v) is 12.8. The summed E-state index contributed by atoms with van der Waals surface area (Å²) in [5, 5.41) is 0. The molecule has 0 aliphatic heterocycles. The van der Waals surface area contributed by atoms with E-state index in [1.54, 1.807) is 6.08 Å². The summed E-state index contributed by atoms with van der Waals surface area (Å²) in [6, 6.07) is 0. The Bertz CT molecular complexity index is 411. The van der Waals surface area contributed by atoms with Crippen LogP contribution >= 0.6 is 0 Å². The Labute approximate surface area is 117 Å². The summed E-state index contributed by atoms with van der Waals surface area (Å²) < 4.78 is 4.91. The number of carbonyl (C=O) groups excluding carboxylic acids is 1. The average molecular weight is 262 g/mol. The van der Waals surface area contributed by atoms with Gasteiger partial charge in [-0.1, -0.05) is 37.6 Å². The predicted octanol–water partition coefficient (Wildman–Crippen LogP) is 4.43. The van der Waals surface area contributed by atoms with Gasteiger partial charge in [-0.15, -0.1) is 0 Å². The van der Waals surface area contributed by atoms with Crippen molar-refractivity contribution in [1.29, 1.82) is 0 Å². The van der Waals surface area contributed by atoms with E-state index < -0.39 is 0 Å². The molecule has 0 unspecified atom stereocenters. The molecule has 1 aliphatic carbocycles. The van der Waals surface area contributed by atoms with Gasteiger partial charge in [-0.05, 0) is 44.6 Å². The fourth-order valence-corrected chi connectivity index (χ4v) is 2.65. The lowest BCUT2D eigenvalue weighted by atomic mass is 9.68. The van der Waals surface area contributed by atoms with Crippen molar-refractivity contribution in [2.45, 2.75) is 47.5 Å². The van der Waals surface area contributed by atoms with E-state index in [0.717, 1.165) is 5.57 Å². The third-order valence-electron chi connectivity index (χ3n) is 3.77. The molecule has 0 bridgehead atoms. The van der Waals surface area contributed by atoms with Gasteiger partial charge in [0.05, 0.1) is 6.61 Å². The largest absolute Gasteiger partial charge is 0.463 e. The maximum Gasteiger partial charge on any atom is 0.330 e. The van der Waals surface area contributed by atoms with Crippen LogP contribution in [0.25, 0.3) is 0 Å². The number of hydrogen-bond donors (Lipinski definition) is 0. The summed E-state index contributed by atoms with van der Waals surface area (Å²) in [4.78, 5) is 11.4.